The predicted molar refractivity (Wildman–Crippen MR) is 72.4 cm³/mol. The van der Waals surface area contributed by atoms with Crippen molar-refractivity contribution in [1.29, 1.82) is 0 Å². The Balaban J connectivity index is 2.29. The zero-order chi connectivity index (χ0) is 13.5. The van der Waals surface area contributed by atoms with Gasteiger partial charge in [0.05, 0.1) is 19.8 Å². The van der Waals surface area contributed by atoms with Gasteiger partial charge in [-0.25, -0.2) is 0 Å². The maximum Gasteiger partial charge on any atom is 0.236 e. The van der Waals surface area contributed by atoms with Gasteiger partial charge in [-0.2, -0.15) is 0 Å². The van der Waals surface area contributed by atoms with Gasteiger partial charge in [0.2, 0.25) is 5.91 Å². The summed E-state index contributed by atoms with van der Waals surface area (Å²) < 4.78 is 5.37. The first kappa shape index (κ1) is 15.4. The molecular weight excluding hydrogens is 230 g/mol. The molecular formula is C13H27N3O2. The Morgan fingerprint density at radius 1 is 1.39 bits per heavy atom. The molecule has 0 aromatic carbocycles. The maximum absolute atomic E-state index is 12.1. The Morgan fingerprint density at radius 3 is 2.56 bits per heavy atom. The van der Waals surface area contributed by atoms with E-state index in [1.807, 2.05) is 11.9 Å². The van der Waals surface area contributed by atoms with Crippen LogP contribution in [0.4, 0.5) is 0 Å². The van der Waals surface area contributed by atoms with E-state index in [-0.39, 0.29) is 5.91 Å². The smallest absolute Gasteiger partial charge is 0.236 e. The summed E-state index contributed by atoms with van der Waals surface area (Å²) in [5.41, 5.74) is 5.37. The van der Waals surface area contributed by atoms with Crippen molar-refractivity contribution >= 4 is 5.91 Å². The lowest BCUT2D eigenvalue weighted by Gasteiger charge is -2.28. The van der Waals surface area contributed by atoms with E-state index in [9.17, 15) is 4.79 Å². The van der Waals surface area contributed by atoms with E-state index in [1.165, 1.54) is 0 Å². The van der Waals surface area contributed by atoms with Crippen molar-refractivity contribution in [3.05, 3.63) is 0 Å². The molecule has 0 atom stereocenters. The van der Waals surface area contributed by atoms with E-state index in [2.05, 4.69) is 18.7 Å². The third-order valence-electron chi connectivity index (χ3n) is 3.34. The second-order valence-corrected chi connectivity index (χ2v) is 5.20. The van der Waals surface area contributed by atoms with Gasteiger partial charge in [0.15, 0.2) is 0 Å². The highest BCUT2D eigenvalue weighted by Crippen LogP contribution is 2.25. The molecule has 0 unspecified atom stereocenters. The molecule has 1 aliphatic carbocycles. The molecule has 2 N–H and O–H groups in total. The first-order valence-corrected chi connectivity index (χ1v) is 6.83. The highest BCUT2D eigenvalue weighted by atomic mass is 16.5. The van der Waals surface area contributed by atoms with Crippen LogP contribution in [0.1, 0.15) is 26.7 Å². The van der Waals surface area contributed by atoms with E-state index in [0.29, 0.717) is 38.4 Å². The minimum atomic E-state index is 0.213. The molecule has 106 valence electrons. The average molecular weight is 257 g/mol. The fourth-order valence-corrected chi connectivity index (χ4v) is 1.84. The lowest BCUT2D eigenvalue weighted by atomic mass is 10.3. The van der Waals surface area contributed by atoms with Crippen LogP contribution in [-0.2, 0) is 9.53 Å². The maximum atomic E-state index is 12.1. The molecule has 1 aliphatic rings. The average Bonchev–Trinajstić information content (AvgIpc) is 3.15. The van der Waals surface area contributed by atoms with Crippen LogP contribution < -0.4 is 5.73 Å². The summed E-state index contributed by atoms with van der Waals surface area (Å²) in [6.45, 7) is 7.24. The molecule has 1 rings (SSSR count). The number of hydrogen-bond acceptors (Lipinski definition) is 4. The summed E-state index contributed by atoms with van der Waals surface area (Å²) in [6.07, 6.45) is 2.31. The van der Waals surface area contributed by atoms with Crippen molar-refractivity contribution in [2.45, 2.75) is 38.8 Å². The summed E-state index contributed by atoms with van der Waals surface area (Å²) in [5, 5.41) is 0. The highest BCUT2D eigenvalue weighted by molar-refractivity contribution is 5.78. The molecule has 1 amide bonds. The molecule has 0 aliphatic heterocycles. The van der Waals surface area contributed by atoms with Crippen LogP contribution in [0.25, 0.3) is 0 Å². The van der Waals surface area contributed by atoms with Crippen molar-refractivity contribution in [2.75, 3.05) is 39.9 Å². The third kappa shape index (κ3) is 5.33. The number of carbonyl (C=O) groups is 1. The molecule has 0 aromatic rings. The van der Waals surface area contributed by atoms with Crippen molar-refractivity contribution < 1.29 is 9.53 Å². The van der Waals surface area contributed by atoms with Crippen LogP contribution in [0, 0.1) is 0 Å². The first-order chi connectivity index (χ1) is 8.56. The lowest BCUT2D eigenvalue weighted by molar-refractivity contribution is -0.132. The number of ether oxygens (including phenoxy) is 1. The van der Waals surface area contributed by atoms with Crippen LogP contribution in [0.2, 0.25) is 0 Å². The summed E-state index contributed by atoms with van der Waals surface area (Å²) in [7, 11) is 1.91. The molecule has 0 radical (unpaired) electrons. The van der Waals surface area contributed by atoms with Gasteiger partial charge in [-0.15, -0.1) is 0 Å². The molecule has 1 fully saturated rings. The topological polar surface area (TPSA) is 58.8 Å². The number of likely N-dealkylation sites (N-methyl/N-ethyl adjacent to an activating group) is 1. The molecule has 5 nitrogen and oxygen atoms in total. The fraction of sp³-hybridized carbons (Fsp3) is 0.923. The zero-order valence-electron chi connectivity index (χ0n) is 11.9. The van der Waals surface area contributed by atoms with E-state index in [4.69, 9.17) is 10.5 Å². The quantitative estimate of drug-likeness (QED) is 0.603. The van der Waals surface area contributed by atoms with Gasteiger partial charge < -0.3 is 15.4 Å². The SMILES string of the molecule is CC(C)N(CCOCCN)CC(=O)N(C)C1CC1. The largest absolute Gasteiger partial charge is 0.379 e. The van der Waals surface area contributed by atoms with Crippen LogP contribution in [0.3, 0.4) is 0 Å². The number of nitrogens with two attached hydrogens (primary N) is 1. The van der Waals surface area contributed by atoms with Gasteiger partial charge in [0.25, 0.3) is 0 Å². The summed E-state index contributed by atoms with van der Waals surface area (Å²) in [5.74, 6) is 0.213. The minimum Gasteiger partial charge on any atom is -0.379 e. The van der Waals surface area contributed by atoms with Gasteiger partial charge in [-0.05, 0) is 26.7 Å². The van der Waals surface area contributed by atoms with Crippen LogP contribution in [0.15, 0.2) is 0 Å². The minimum absolute atomic E-state index is 0.213. The Hall–Kier alpha value is -0.650. The van der Waals surface area contributed by atoms with Gasteiger partial charge in [-0.3, -0.25) is 9.69 Å². The van der Waals surface area contributed by atoms with Crippen molar-refractivity contribution in [3.8, 4) is 0 Å². The standard InChI is InChI=1S/C13H27N3O2/c1-11(2)16(7-9-18-8-6-14)10-13(17)15(3)12-4-5-12/h11-12H,4-10,14H2,1-3H3. The lowest BCUT2D eigenvalue weighted by Crippen LogP contribution is -2.43. The molecule has 0 saturated heterocycles. The van der Waals surface area contributed by atoms with Crippen LogP contribution in [-0.4, -0.2) is 67.7 Å². The van der Waals surface area contributed by atoms with Crippen molar-refractivity contribution in [2.24, 2.45) is 5.73 Å². The fourth-order valence-electron chi connectivity index (χ4n) is 1.84. The Morgan fingerprint density at radius 2 is 2.06 bits per heavy atom. The number of carbonyl (C=O) groups excluding carboxylic acids is 1. The second-order valence-electron chi connectivity index (χ2n) is 5.20. The van der Waals surface area contributed by atoms with Gasteiger partial charge in [0, 0.05) is 32.2 Å². The summed E-state index contributed by atoms with van der Waals surface area (Å²) in [6, 6.07) is 0.836. The molecule has 0 heterocycles. The molecule has 5 heteroatoms. The van der Waals surface area contributed by atoms with E-state index >= 15 is 0 Å². The molecule has 0 bridgehead atoms. The van der Waals surface area contributed by atoms with Crippen molar-refractivity contribution in [1.82, 2.24) is 9.80 Å². The number of nitrogens with zero attached hydrogens (tertiary/aromatic N) is 2. The third-order valence-corrected chi connectivity index (χ3v) is 3.34. The number of amides is 1. The number of hydrogen-bond donors (Lipinski definition) is 1. The van der Waals surface area contributed by atoms with Gasteiger partial charge in [-0.1, -0.05) is 0 Å². The molecule has 0 aromatic heterocycles. The summed E-state index contributed by atoms with van der Waals surface area (Å²) >= 11 is 0. The monoisotopic (exact) mass is 257 g/mol. The van der Waals surface area contributed by atoms with Gasteiger partial charge in [0.1, 0.15) is 0 Å². The van der Waals surface area contributed by atoms with Crippen molar-refractivity contribution in [3.63, 3.8) is 0 Å². The van der Waals surface area contributed by atoms with E-state index < -0.39 is 0 Å². The molecule has 18 heavy (non-hydrogen) atoms. The Kier molecular flexibility index (Phi) is 6.60. The number of rotatable bonds is 9. The summed E-state index contributed by atoms with van der Waals surface area (Å²) in [4.78, 5) is 16.1. The van der Waals surface area contributed by atoms with E-state index in [0.717, 1.165) is 19.4 Å². The van der Waals surface area contributed by atoms with Crippen LogP contribution >= 0.6 is 0 Å². The predicted octanol–water partition coefficient (Wildman–Crippen LogP) is 0.293. The second kappa shape index (κ2) is 7.71. The molecule has 1 saturated carbocycles. The Bertz CT molecular complexity index is 255. The normalized spacial score (nSPS) is 15.4. The highest BCUT2D eigenvalue weighted by Gasteiger charge is 2.30. The van der Waals surface area contributed by atoms with Gasteiger partial charge >= 0.3 is 0 Å². The van der Waals surface area contributed by atoms with E-state index in [1.54, 1.807) is 0 Å². The Labute approximate surface area is 110 Å². The molecule has 0 spiro atoms. The van der Waals surface area contributed by atoms with Crippen LogP contribution in [0.5, 0.6) is 0 Å². The first-order valence-electron chi connectivity index (χ1n) is 6.83. The zero-order valence-corrected chi connectivity index (χ0v) is 11.9.